The standard InChI is InChI=1S/C12H10ClN3O/c1-16-10-5-3-2-4-9(10)15-12(16)8(7-14)11(17)6-13/h2-5,8H,6H2,1H3. The number of aromatic nitrogens is 2. The topological polar surface area (TPSA) is 58.7 Å². The van der Waals surface area contributed by atoms with Crippen LogP contribution in [0.2, 0.25) is 0 Å². The average molecular weight is 248 g/mol. The van der Waals surface area contributed by atoms with Crippen LogP contribution in [0, 0.1) is 11.3 Å². The van der Waals surface area contributed by atoms with Crippen LogP contribution < -0.4 is 0 Å². The molecule has 2 aromatic rings. The second-order valence-electron chi connectivity index (χ2n) is 3.68. The third kappa shape index (κ3) is 1.90. The lowest BCUT2D eigenvalue weighted by Gasteiger charge is -2.06. The number of alkyl halides is 1. The first-order valence-corrected chi connectivity index (χ1v) is 5.62. The van der Waals surface area contributed by atoms with Gasteiger partial charge in [-0.25, -0.2) is 4.98 Å². The summed E-state index contributed by atoms with van der Waals surface area (Å²) in [5, 5.41) is 9.05. The number of carbonyl (C=O) groups is 1. The first-order valence-electron chi connectivity index (χ1n) is 5.08. The van der Waals surface area contributed by atoms with E-state index in [1.807, 2.05) is 30.3 Å². The molecule has 0 saturated carbocycles. The number of Topliss-reactive ketones (excluding diaryl/α,β-unsaturated/α-hetero) is 1. The van der Waals surface area contributed by atoms with E-state index in [0.29, 0.717) is 5.82 Å². The Labute approximate surface area is 103 Å². The van der Waals surface area contributed by atoms with E-state index in [0.717, 1.165) is 11.0 Å². The minimum atomic E-state index is -0.898. The Kier molecular flexibility index (Phi) is 3.12. The molecular weight excluding hydrogens is 238 g/mol. The molecule has 1 aromatic carbocycles. The van der Waals surface area contributed by atoms with Gasteiger partial charge in [-0.1, -0.05) is 12.1 Å². The Balaban J connectivity index is 2.59. The lowest BCUT2D eigenvalue weighted by atomic mass is 10.1. The highest BCUT2D eigenvalue weighted by Crippen LogP contribution is 2.21. The number of rotatable bonds is 3. The van der Waals surface area contributed by atoms with Gasteiger partial charge < -0.3 is 4.57 Å². The van der Waals surface area contributed by atoms with Gasteiger partial charge in [0.05, 0.1) is 23.0 Å². The number of halogens is 1. The van der Waals surface area contributed by atoms with Crippen LogP contribution in [0.4, 0.5) is 0 Å². The minimum absolute atomic E-state index is 0.179. The second-order valence-corrected chi connectivity index (χ2v) is 3.95. The Morgan fingerprint density at radius 2 is 2.29 bits per heavy atom. The molecule has 1 unspecified atom stereocenters. The molecule has 0 aliphatic heterocycles. The summed E-state index contributed by atoms with van der Waals surface area (Å²) in [5.41, 5.74) is 1.66. The molecule has 0 radical (unpaired) electrons. The van der Waals surface area contributed by atoms with Crippen LogP contribution in [0.15, 0.2) is 24.3 Å². The number of nitrogens with zero attached hydrogens (tertiary/aromatic N) is 3. The fourth-order valence-electron chi connectivity index (χ4n) is 1.77. The van der Waals surface area contributed by atoms with Crippen molar-refractivity contribution in [2.24, 2.45) is 7.05 Å². The van der Waals surface area contributed by atoms with Gasteiger partial charge in [-0.15, -0.1) is 11.6 Å². The van der Waals surface area contributed by atoms with Crippen molar-refractivity contribution in [2.75, 3.05) is 5.88 Å². The molecule has 1 aromatic heterocycles. The number of carbonyl (C=O) groups excluding carboxylic acids is 1. The number of imidazole rings is 1. The predicted octanol–water partition coefficient (Wildman–Crippen LogP) is 1.99. The molecule has 0 aliphatic rings. The van der Waals surface area contributed by atoms with Crippen molar-refractivity contribution in [3.63, 3.8) is 0 Å². The maximum absolute atomic E-state index is 11.6. The van der Waals surface area contributed by atoms with Gasteiger partial charge in [0.15, 0.2) is 11.7 Å². The molecule has 86 valence electrons. The molecule has 5 heteroatoms. The molecule has 1 atom stereocenters. The molecular formula is C12H10ClN3O. The summed E-state index contributed by atoms with van der Waals surface area (Å²) in [6, 6.07) is 9.45. The molecule has 0 saturated heterocycles. The summed E-state index contributed by atoms with van der Waals surface area (Å²) in [6.07, 6.45) is 0. The van der Waals surface area contributed by atoms with E-state index in [9.17, 15) is 4.79 Å². The number of ketones is 1. The van der Waals surface area contributed by atoms with Gasteiger partial charge in [0, 0.05) is 7.05 Å². The first-order chi connectivity index (χ1) is 8.19. The molecule has 4 nitrogen and oxygen atoms in total. The van der Waals surface area contributed by atoms with Crippen molar-refractivity contribution in [2.45, 2.75) is 5.92 Å². The van der Waals surface area contributed by atoms with Crippen LogP contribution in [0.1, 0.15) is 11.7 Å². The van der Waals surface area contributed by atoms with E-state index in [4.69, 9.17) is 16.9 Å². The van der Waals surface area contributed by atoms with Gasteiger partial charge in [-0.2, -0.15) is 5.26 Å². The van der Waals surface area contributed by atoms with E-state index in [1.165, 1.54) is 0 Å². The van der Waals surface area contributed by atoms with Crippen LogP contribution in [0.5, 0.6) is 0 Å². The largest absolute Gasteiger partial charge is 0.330 e. The van der Waals surface area contributed by atoms with Gasteiger partial charge in [0.2, 0.25) is 0 Å². The molecule has 0 fully saturated rings. The second kappa shape index (κ2) is 4.56. The molecule has 0 amide bonds. The highest BCUT2D eigenvalue weighted by molar-refractivity contribution is 6.28. The zero-order valence-electron chi connectivity index (χ0n) is 9.22. The monoisotopic (exact) mass is 247 g/mol. The smallest absolute Gasteiger partial charge is 0.172 e. The van der Waals surface area contributed by atoms with E-state index in [1.54, 1.807) is 11.6 Å². The Hall–Kier alpha value is -1.86. The molecule has 0 aliphatic carbocycles. The Morgan fingerprint density at radius 3 is 2.88 bits per heavy atom. The first kappa shape index (κ1) is 11.6. The van der Waals surface area contributed by atoms with Gasteiger partial charge >= 0.3 is 0 Å². The number of nitriles is 1. The van der Waals surface area contributed by atoms with Crippen molar-refractivity contribution < 1.29 is 4.79 Å². The van der Waals surface area contributed by atoms with Crippen LogP contribution in [0.25, 0.3) is 11.0 Å². The van der Waals surface area contributed by atoms with Crippen molar-refractivity contribution in [1.82, 2.24) is 9.55 Å². The Morgan fingerprint density at radius 1 is 1.59 bits per heavy atom. The zero-order valence-corrected chi connectivity index (χ0v) is 9.98. The third-order valence-corrected chi connectivity index (χ3v) is 2.93. The SMILES string of the molecule is Cn1c(C(C#N)C(=O)CCl)nc2ccccc21. The summed E-state index contributed by atoms with van der Waals surface area (Å²) < 4.78 is 1.76. The highest BCUT2D eigenvalue weighted by Gasteiger charge is 2.24. The summed E-state index contributed by atoms with van der Waals surface area (Å²) in [7, 11) is 1.79. The van der Waals surface area contributed by atoms with Crippen LogP contribution in [0.3, 0.4) is 0 Å². The maximum Gasteiger partial charge on any atom is 0.172 e. The number of fused-ring (bicyclic) bond motifs is 1. The van der Waals surface area contributed by atoms with E-state index in [-0.39, 0.29) is 11.7 Å². The zero-order chi connectivity index (χ0) is 12.4. The van der Waals surface area contributed by atoms with Crippen LogP contribution in [-0.2, 0) is 11.8 Å². The number of hydrogen-bond acceptors (Lipinski definition) is 3. The number of benzene rings is 1. The molecule has 0 bridgehead atoms. The third-order valence-electron chi connectivity index (χ3n) is 2.66. The highest BCUT2D eigenvalue weighted by atomic mass is 35.5. The maximum atomic E-state index is 11.6. The van der Waals surface area contributed by atoms with Crippen molar-refractivity contribution >= 4 is 28.4 Å². The summed E-state index contributed by atoms with van der Waals surface area (Å²) in [6.45, 7) is 0. The van der Waals surface area contributed by atoms with E-state index >= 15 is 0 Å². The predicted molar refractivity (Wildman–Crippen MR) is 64.8 cm³/mol. The minimum Gasteiger partial charge on any atom is -0.330 e. The number of para-hydroxylation sites is 2. The molecule has 0 N–H and O–H groups in total. The summed E-state index contributed by atoms with van der Waals surface area (Å²) >= 11 is 5.49. The van der Waals surface area contributed by atoms with Crippen molar-refractivity contribution in [1.29, 1.82) is 5.26 Å². The fraction of sp³-hybridized carbons (Fsp3) is 0.250. The molecule has 1 heterocycles. The van der Waals surface area contributed by atoms with Gasteiger partial charge in [-0.3, -0.25) is 4.79 Å². The molecule has 0 spiro atoms. The quantitative estimate of drug-likeness (QED) is 0.780. The van der Waals surface area contributed by atoms with Gasteiger partial charge in [-0.05, 0) is 12.1 Å². The van der Waals surface area contributed by atoms with Crippen molar-refractivity contribution in [3.05, 3.63) is 30.1 Å². The number of aryl methyl sites for hydroxylation is 1. The number of hydrogen-bond donors (Lipinski definition) is 0. The van der Waals surface area contributed by atoms with Gasteiger partial charge in [0.1, 0.15) is 5.82 Å². The molecule has 17 heavy (non-hydrogen) atoms. The van der Waals surface area contributed by atoms with E-state index in [2.05, 4.69) is 4.98 Å². The lowest BCUT2D eigenvalue weighted by molar-refractivity contribution is -0.117. The summed E-state index contributed by atoms with van der Waals surface area (Å²) in [5.74, 6) is -0.960. The average Bonchev–Trinajstić information content (AvgIpc) is 2.68. The summed E-state index contributed by atoms with van der Waals surface area (Å²) in [4.78, 5) is 15.9. The van der Waals surface area contributed by atoms with Crippen LogP contribution >= 0.6 is 11.6 Å². The van der Waals surface area contributed by atoms with Gasteiger partial charge in [0.25, 0.3) is 0 Å². The normalized spacial score (nSPS) is 12.3. The lowest BCUT2D eigenvalue weighted by Crippen LogP contribution is -2.16. The Bertz CT molecular complexity index is 612. The van der Waals surface area contributed by atoms with Crippen LogP contribution in [-0.4, -0.2) is 21.2 Å². The van der Waals surface area contributed by atoms with Crippen molar-refractivity contribution in [3.8, 4) is 6.07 Å². The molecule has 2 rings (SSSR count). The fourth-order valence-corrected chi connectivity index (χ4v) is 1.93. The van der Waals surface area contributed by atoms with E-state index < -0.39 is 5.92 Å².